The van der Waals surface area contributed by atoms with Crippen LogP contribution in [0, 0.1) is 29.4 Å². The van der Waals surface area contributed by atoms with Crippen molar-refractivity contribution in [2.45, 2.75) is 76.8 Å². The number of hydrogen-bond acceptors (Lipinski definition) is 0. The number of halogens is 5. The summed E-state index contributed by atoms with van der Waals surface area (Å²) in [5.74, 6) is -1.08. The Kier molecular flexibility index (Phi) is 6.82. The van der Waals surface area contributed by atoms with E-state index in [2.05, 4.69) is 19.1 Å². The number of alkyl halides is 3. The molecule has 156 valence electrons. The minimum absolute atomic E-state index is 0.0732. The molecule has 1 aromatic rings. The first-order valence-corrected chi connectivity index (χ1v) is 10.5. The smallest absolute Gasteiger partial charge is 0.206 e. The summed E-state index contributed by atoms with van der Waals surface area (Å²) in [6.07, 6.45) is 9.39. The molecular weight excluding hydrogens is 371 g/mol. The Morgan fingerprint density at radius 1 is 0.821 bits per heavy atom. The monoisotopic (exact) mass is 400 g/mol. The van der Waals surface area contributed by atoms with Gasteiger partial charge in [-0.1, -0.05) is 25.5 Å². The third-order valence-corrected chi connectivity index (χ3v) is 6.72. The van der Waals surface area contributed by atoms with Crippen LogP contribution in [0.2, 0.25) is 0 Å². The van der Waals surface area contributed by atoms with Crippen molar-refractivity contribution in [3.8, 4) is 0 Å². The minimum Gasteiger partial charge on any atom is -0.206 e. The molecule has 0 nitrogen and oxygen atoms in total. The molecule has 28 heavy (non-hydrogen) atoms. The third kappa shape index (κ3) is 5.15. The highest BCUT2D eigenvalue weighted by atomic mass is 19.4. The summed E-state index contributed by atoms with van der Waals surface area (Å²) in [5, 5.41) is 0. The fourth-order valence-corrected chi connectivity index (χ4v) is 4.85. The summed E-state index contributed by atoms with van der Waals surface area (Å²) in [6.45, 7) is 2.26. The SMILES string of the molecule is CC[C@H]1CC[C@H](C=C[C@H]2CC[C@H](c3cc(F)c(C(F)(F)F)c(F)c3)CC2)CC1. The molecule has 1 aromatic carbocycles. The van der Waals surface area contributed by atoms with Gasteiger partial charge in [-0.3, -0.25) is 0 Å². The molecule has 0 N–H and O–H groups in total. The van der Waals surface area contributed by atoms with Gasteiger partial charge in [0.05, 0.1) is 0 Å². The average Bonchev–Trinajstić information content (AvgIpc) is 2.65. The molecule has 0 spiro atoms. The van der Waals surface area contributed by atoms with Gasteiger partial charge in [0.2, 0.25) is 0 Å². The molecule has 0 heterocycles. The Bertz CT molecular complexity index is 652. The van der Waals surface area contributed by atoms with Crippen molar-refractivity contribution in [2.75, 3.05) is 0 Å². The average molecular weight is 400 g/mol. The second kappa shape index (κ2) is 8.96. The van der Waals surface area contributed by atoms with Crippen molar-refractivity contribution in [3.05, 3.63) is 47.0 Å². The molecule has 0 atom stereocenters. The van der Waals surface area contributed by atoms with E-state index >= 15 is 0 Å². The van der Waals surface area contributed by atoms with Gasteiger partial charge in [0.15, 0.2) is 0 Å². The molecule has 0 saturated heterocycles. The largest absolute Gasteiger partial charge is 0.422 e. The fraction of sp³-hybridized carbons (Fsp3) is 0.652. The van der Waals surface area contributed by atoms with E-state index in [1.165, 1.54) is 32.1 Å². The Labute approximate surface area is 164 Å². The van der Waals surface area contributed by atoms with E-state index in [-0.39, 0.29) is 5.92 Å². The van der Waals surface area contributed by atoms with E-state index in [1.54, 1.807) is 0 Å². The van der Waals surface area contributed by atoms with Gasteiger partial charge in [0.1, 0.15) is 17.2 Å². The number of benzene rings is 1. The maximum absolute atomic E-state index is 13.8. The van der Waals surface area contributed by atoms with Gasteiger partial charge in [0.25, 0.3) is 0 Å². The highest BCUT2D eigenvalue weighted by Crippen LogP contribution is 2.40. The van der Waals surface area contributed by atoms with Gasteiger partial charge in [-0.25, -0.2) is 8.78 Å². The van der Waals surface area contributed by atoms with Gasteiger partial charge >= 0.3 is 6.18 Å². The highest BCUT2D eigenvalue weighted by molar-refractivity contribution is 5.31. The molecule has 2 aliphatic carbocycles. The highest BCUT2D eigenvalue weighted by Gasteiger charge is 2.38. The molecule has 2 aliphatic rings. The van der Waals surface area contributed by atoms with Crippen LogP contribution in [0.4, 0.5) is 22.0 Å². The lowest BCUT2D eigenvalue weighted by Gasteiger charge is -2.29. The molecule has 3 rings (SSSR count). The van der Waals surface area contributed by atoms with Gasteiger partial charge < -0.3 is 0 Å². The van der Waals surface area contributed by atoms with Gasteiger partial charge in [-0.15, -0.1) is 0 Å². The fourth-order valence-electron chi connectivity index (χ4n) is 4.85. The molecule has 0 amide bonds. The summed E-state index contributed by atoms with van der Waals surface area (Å²) >= 11 is 0. The van der Waals surface area contributed by atoms with Crippen molar-refractivity contribution >= 4 is 0 Å². The Morgan fingerprint density at radius 3 is 1.71 bits per heavy atom. The lowest BCUT2D eigenvalue weighted by Crippen LogP contribution is -2.16. The van der Waals surface area contributed by atoms with Crippen LogP contribution in [-0.2, 0) is 6.18 Å². The van der Waals surface area contributed by atoms with E-state index in [1.807, 2.05) is 0 Å². The van der Waals surface area contributed by atoms with Crippen molar-refractivity contribution in [1.29, 1.82) is 0 Å². The van der Waals surface area contributed by atoms with Crippen LogP contribution >= 0.6 is 0 Å². The lowest BCUT2D eigenvalue weighted by atomic mass is 9.77. The first-order valence-electron chi connectivity index (χ1n) is 10.5. The standard InChI is InChI=1S/C23H29F5/c1-2-15-3-5-16(6-4-15)7-8-17-9-11-18(12-10-17)19-13-20(24)22(21(25)14-19)23(26,27)28/h7-8,13-18H,2-6,9-12H2,1H3/t15-,16-,17-,18-. The molecule has 2 saturated carbocycles. The van der Waals surface area contributed by atoms with Crippen LogP contribution in [0.15, 0.2) is 24.3 Å². The van der Waals surface area contributed by atoms with Crippen molar-refractivity contribution < 1.29 is 22.0 Å². The van der Waals surface area contributed by atoms with E-state index < -0.39 is 23.4 Å². The van der Waals surface area contributed by atoms with Crippen LogP contribution in [-0.4, -0.2) is 0 Å². The third-order valence-electron chi connectivity index (χ3n) is 6.72. The van der Waals surface area contributed by atoms with Crippen molar-refractivity contribution in [1.82, 2.24) is 0 Å². The van der Waals surface area contributed by atoms with Crippen LogP contribution in [0.3, 0.4) is 0 Å². The van der Waals surface area contributed by atoms with Crippen molar-refractivity contribution in [2.24, 2.45) is 17.8 Å². The molecular formula is C23H29F5. The first kappa shape index (κ1) is 21.3. The molecule has 0 unspecified atom stereocenters. The van der Waals surface area contributed by atoms with Crippen LogP contribution in [0.5, 0.6) is 0 Å². The van der Waals surface area contributed by atoms with E-state index in [0.29, 0.717) is 17.4 Å². The molecule has 5 heteroatoms. The predicted molar refractivity (Wildman–Crippen MR) is 101 cm³/mol. The van der Waals surface area contributed by atoms with Gasteiger partial charge in [-0.2, -0.15) is 13.2 Å². The number of hydrogen-bond donors (Lipinski definition) is 0. The van der Waals surface area contributed by atoms with Crippen LogP contribution < -0.4 is 0 Å². The van der Waals surface area contributed by atoms with E-state index in [9.17, 15) is 22.0 Å². The maximum Gasteiger partial charge on any atom is 0.422 e. The molecule has 0 bridgehead atoms. The molecule has 0 radical (unpaired) electrons. The predicted octanol–water partition coefficient (Wildman–Crippen LogP) is 8.03. The van der Waals surface area contributed by atoms with Gasteiger partial charge in [-0.05, 0) is 92.7 Å². The Balaban J connectivity index is 1.55. The number of allylic oxidation sites excluding steroid dienone is 2. The van der Waals surface area contributed by atoms with Gasteiger partial charge in [0, 0.05) is 0 Å². The Hall–Kier alpha value is -1.39. The van der Waals surface area contributed by atoms with Crippen molar-refractivity contribution in [3.63, 3.8) is 0 Å². The van der Waals surface area contributed by atoms with E-state index in [4.69, 9.17) is 0 Å². The summed E-state index contributed by atoms with van der Waals surface area (Å²) in [6, 6.07) is 1.75. The zero-order valence-corrected chi connectivity index (χ0v) is 16.4. The molecule has 0 aliphatic heterocycles. The maximum atomic E-state index is 13.8. The van der Waals surface area contributed by atoms with E-state index in [0.717, 1.165) is 43.7 Å². The summed E-state index contributed by atoms with van der Waals surface area (Å²) in [7, 11) is 0. The first-order chi connectivity index (χ1) is 13.3. The molecule has 0 aromatic heterocycles. The second-order valence-electron chi connectivity index (χ2n) is 8.54. The normalized spacial score (nSPS) is 29.4. The lowest BCUT2D eigenvalue weighted by molar-refractivity contribution is -0.142. The number of rotatable bonds is 4. The summed E-state index contributed by atoms with van der Waals surface area (Å²) in [4.78, 5) is 0. The van der Waals surface area contributed by atoms with Crippen LogP contribution in [0.25, 0.3) is 0 Å². The zero-order valence-electron chi connectivity index (χ0n) is 16.4. The minimum atomic E-state index is -5.01. The van der Waals surface area contributed by atoms with Crippen LogP contribution in [0.1, 0.15) is 81.8 Å². The second-order valence-corrected chi connectivity index (χ2v) is 8.54. The zero-order chi connectivity index (χ0) is 20.3. The summed E-state index contributed by atoms with van der Waals surface area (Å²) in [5.41, 5.74) is -1.44. The topological polar surface area (TPSA) is 0 Å². The molecule has 2 fully saturated rings. The Morgan fingerprint density at radius 2 is 1.29 bits per heavy atom. The summed E-state index contributed by atoms with van der Waals surface area (Å²) < 4.78 is 65.9. The quantitative estimate of drug-likeness (QED) is 0.354.